The third-order valence-corrected chi connectivity index (χ3v) is 16.8. The number of hydrogen-bond acceptors (Lipinski definition) is 0. The molecule has 0 spiro atoms. The van der Waals surface area contributed by atoms with Crippen molar-refractivity contribution in [3.05, 3.63) is 91.2 Å². The summed E-state index contributed by atoms with van der Waals surface area (Å²) in [5, 5.41) is 22.0. The second kappa shape index (κ2) is 5.62. The molecule has 0 heterocycles. The Morgan fingerprint density at radius 1 is 0.711 bits per heavy atom. The van der Waals surface area contributed by atoms with Crippen LogP contribution in [0.3, 0.4) is 0 Å². The lowest BCUT2D eigenvalue weighted by molar-refractivity contribution is 0.222. The normalized spacial score (nSPS) is 31.4. The highest BCUT2D eigenvalue weighted by Gasteiger charge is 2.67. The van der Waals surface area contributed by atoms with Crippen molar-refractivity contribution in [2.75, 3.05) is 0 Å². The summed E-state index contributed by atoms with van der Waals surface area (Å²) in [7, 11) is -1.50. The van der Waals surface area contributed by atoms with Gasteiger partial charge in [-0.1, -0.05) is 57.4 Å². The van der Waals surface area contributed by atoms with E-state index in [1.54, 1.807) is 103 Å². The summed E-state index contributed by atoms with van der Waals surface area (Å²) in [6.07, 6.45) is 11.9. The van der Waals surface area contributed by atoms with Gasteiger partial charge in [0.15, 0.2) is 0 Å². The monoisotopic (exact) mass is 588 g/mol. The van der Waals surface area contributed by atoms with Gasteiger partial charge in [-0.05, 0) is 174 Å². The molecule has 0 saturated carbocycles. The van der Waals surface area contributed by atoms with Crippen molar-refractivity contribution in [3.8, 4) is 0 Å². The van der Waals surface area contributed by atoms with Gasteiger partial charge in [0.2, 0.25) is 0 Å². The smallest absolute Gasteiger partial charge is 0.0455 e. The summed E-state index contributed by atoms with van der Waals surface area (Å²) >= 11 is 0. The molecule has 212 valence electrons. The fourth-order valence-electron chi connectivity index (χ4n) is 15.1. The summed E-state index contributed by atoms with van der Waals surface area (Å²) in [4.78, 5) is 0. The van der Waals surface area contributed by atoms with E-state index in [1.165, 1.54) is 24.3 Å². The first-order valence-corrected chi connectivity index (χ1v) is 21.1. The SMILES string of the molecule is C.C[Si](C)(C)CC12c3c4c5c6cc7c4c4c8c9c%10c%11c(cc%12cc%13c%14c(c1c(c%10c38)c%14c%12%11)C1C(=CC(C6)C1C52)C=%13)CC9C=C4C7. The highest BCUT2D eigenvalue weighted by molar-refractivity contribution is 6.76. The molecule has 0 aliphatic heterocycles. The van der Waals surface area contributed by atoms with Gasteiger partial charge in [0.1, 0.15) is 0 Å². The zero-order valence-corrected chi connectivity index (χ0v) is 26.2. The second-order valence-corrected chi connectivity index (χ2v) is 23.5. The molecule has 9 aliphatic carbocycles. The van der Waals surface area contributed by atoms with E-state index in [0.29, 0.717) is 23.7 Å². The molecular formula is C44H32Si. The van der Waals surface area contributed by atoms with E-state index >= 15 is 0 Å². The first-order valence-electron chi connectivity index (χ1n) is 17.4. The molecule has 0 aromatic heterocycles. The van der Waals surface area contributed by atoms with E-state index in [9.17, 15) is 0 Å². The molecule has 7 aromatic rings. The zero-order chi connectivity index (χ0) is 27.8. The molecule has 0 N–H and O–H groups in total. The maximum atomic E-state index is 2.81. The van der Waals surface area contributed by atoms with Crippen LogP contribution in [0, 0.1) is 11.8 Å². The van der Waals surface area contributed by atoms with Crippen LogP contribution >= 0.6 is 0 Å². The van der Waals surface area contributed by atoms with Gasteiger partial charge in [0.25, 0.3) is 0 Å². The van der Waals surface area contributed by atoms with E-state index in [1.807, 2.05) is 22.3 Å². The van der Waals surface area contributed by atoms with Crippen molar-refractivity contribution in [2.45, 2.75) is 75.5 Å². The fraction of sp³-hybridized carbons (Fsp3) is 0.318. The van der Waals surface area contributed by atoms with Crippen molar-refractivity contribution >= 4 is 84.4 Å². The lowest BCUT2D eigenvalue weighted by atomic mass is 9.51. The highest BCUT2D eigenvalue weighted by Crippen LogP contribution is 2.79. The average Bonchev–Trinajstić information content (AvgIpc) is 3.78. The molecule has 7 aromatic carbocycles. The molecule has 16 rings (SSSR count). The van der Waals surface area contributed by atoms with Crippen LogP contribution in [0.1, 0.15) is 75.3 Å². The Morgan fingerprint density at radius 2 is 1.58 bits per heavy atom. The molecule has 0 fully saturated rings. The van der Waals surface area contributed by atoms with Crippen molar-refractivity contribution in [1.29, 1.82) is 0 Å². The molecule has 9 aliphatic rings. The minimum atomic E-state index is -1.50. The van der Waals surface area contributed by atoms with E-state index in [4.69, 9.17) is 0 Å². The summed E-state index contributed by atoms with van der Waals surface area (Å²) in [5.41, 5.74) is 19.5. The Hall–Kier alpha value is -3.68. The van der Waals surface area contributed by atoms with Crippen LogP contribution in [0.15, 0.2) is 35.9 Å². The predicted octanol–water partition coefficient (Wildman–Crippen LogP) is 10.1. The Bertz CT molecular complexity index is 2990. The summed E-state index contributed by atoms with van der Waals surface area (Å²) in [5.74, 6) is 3.20. The summed E-state index contributed by atoms with van der Waals surface area (Å²) < 4.78 is 0. The molecule has 1 heteroatoms. The van der Waals surface area contributed by atoms with Gasteiger partial charge < -0.3 is 0 Å². The first-order chi connectivity index (χ1) is 21.4. The van der Waals surface area contributed by atoms with Crippen LogP contribution in [-0.4, -0.2) is 8.07 Å². The predicted molar refractivity (Wildman–Crippen MR) is 192 cm³/mol. The first kappa shape index (κ1) is 21.9. The van der Waals surface area contributed by atoms with Crippen molar-refractivity contribution in [2.24, 2.45) is 11.8 Å². The third-order valence-electron chi connectivity index (χ3n) is 15.2. The Kier molecular flexibility index (Phi) is 2.74. The van der Waals surface area contributed by atoms with E-state index < -0.39 is 8.07 Å². The van der Waals surface area contributed by atoms with Gasteiger partial charge in [0, 0.05) is 31.2 Å². The maximum Gasteiger partial charge on any atom is 0.0455 e. The van der Waals surface area contributed by atoms with Gasteiger partial charge in [0.05, 0.1) is 0 Å². The number of hydrogen-bond donors (Lipinski definition) is 0. The second-order valence-electron chi connectivity index (χ2n) is 18.0. The van der Waals surface area contributed by atoms with Gasteiger partial charge in [-0.3, -0.25) is 0 Å². The van der Waals surface area contributed by atoms with Crippen LogP contribution in [-0.2, 0) is 24.7 Å². The Balaban J connectivity index is 0.00000218. The quantitative estimate of drug-likeness (QED) is 0.176. The van der Waals surface area contributed by atoms with Crippen LogP contribution in [0.5, 0.6) is 0 Å². The summed E-state index contributed by atoms with van der Waals surface area (Å²) in [6, 6.07) is 9.46. The minimum absolute atomic E-state index is 0. The molecular weight excluding hydrogens is 557 g/mol. The zero-order valence-electron chi connectivity index (χ0n) is 25.2. The number of rotatable bonds is 2. The highest BCUT2D eigenvalue weighted by atomic mass is 28.3. The third kappa shape index (κ3) is 1.67. The molecule has 6 unspecified atom stereocenters. The molecule has 0 amide bonds. The number of allylic oxidation sites excluding steroid dienone is 4. The Morgan fingerprint density at radius 3 is 2.47 bits per heavy atom. The molecule has 0 nitrogen and oxygen atoms in total. The van der Waals surface area contributed by atoms with Gasteiger partial charge in [-0.2, -0.15) is 0 Å². The van der Waals surface area contributed by atoms with Crippen molar-refractivity contribution in [1.82, 2.24) is 0 Å². The molecule has 0 bridgehead atoms. The van der Waals surface area contributed by atoms with Gasteiger partial charge in [-0.25, -0.2) is 0 Å². The maximum absolute atomic E-state index is 2.81. The van der Waals surface area contributed by atoms with Crippen molar-refractivity contribution < 1.29 is 0 Å². The lowest BCUT2D eigenvalue weighted by Crippen LogP contribution is -2.49. The van der Waals surface area contributed by atoms with E-state index in [0.717, 1.165) is 12.3 Å². The average molecular weight is 589 g/mol. The van der Waals surface area contributed by atoms with Crippen LogP contribution in [0.25, 0.3) is 76.3 Å². The standard InChI is InChI=1S/C43H28Si.CH4/c1-44(2,3)13-43-40-30-21-11-18-9-20-8-15-4-14-6-19-7-16-5-17-10-22(12-21)31(40)37-26(17)25(16)33-28(19)32-23(14)24(15)34-29(20)36(27(18)30)41(43)39(34)35(32)38(33)42(37)43;/h4,7-11,19,21,27,30,40H,5-6,12-13H2,1-3H3;1H4. The van der Waals surface area contributed by atoms with Crippen LogP contribution in [0.4, 0.5) is 0 Å². The number of benzene rings is 4. The molecule has 6 atom stereocenters. The summed E-state index contributed by atoms with van der Waals surface area (Å²) in [6.45, 7) is 8.08. The fourth-order valence-corrected chi connectivity index (χ4v) is 17.3. The lowest BCUT2D eigenvalue weighted by Gasteiger charge is -2.54. The van der Waals surface area contributed by atoms with Gasteiger partial charge >= 0.3 is 0 Å². The van der Waals surface area contributed by atoms with E-state index in [-0.39, 0.29) is 12.8 Å². The van der Waals surface area contributed by atoms with E-state index in [2.05, 4.69) is 56.1 Å². The van der Waals surface area contributed by atoms with Crippen LogP contribution in [0.2, 0.25) is 25.7 Å². The molecule has 45 heavy (non-hydrogen) atoms. The largest absolute Gasteiger partial charge is 0.0776 e. The van der Waals surface area contributed by atoms with Crippen LogP contribution < -0.4 is 5.22 Å². The Labute approximate surface area is 262 Å². The molecule has 0 radical (unpaired) electrons. The van der Waals surface area contributed by atoms with Gasteiger partial charge in [-0.15, -0.1) is 0 Å². The minimum Gasteiger partial charge on any atom is -0.0776 e. The molecule has 0 saturated heterocycles. The topological polar surface area (TPSA) is 0 Å². The van der Waals surface area contributed by atoms with Crippen molar-refractivity contribution in [3.63, 3.8) is 0 Å².